The Morgan fingerprint density at radius 3 is 2.67 bits per heavy atom. The Kier molecular flexibility index (Phi) is 3.82. The summed E-state index contributed by atoms with van der Waals surface area (Å²) in [5.74, 6) is -1.26. The van der Waals surface area contributed by atoms with Gasteiger partial charge in [0.25, 0.3) is 0 Å². The Bertz CT molecular complexity index is 576. The van der Waals surface area contributed by atoms with Crippen molar-refractivity contribution in [1.29, 1.82) is 0 Å². The fourth-order valence-corrected chi connectivity index (χ4v) is 1.61. The molecule has 1 aromatic carbocycles. The third-order valence-corrected chi connectivity index (χ3v) is 2.83. The molecule has 1 unspecified atom stereocenters. The summed E-state index contributed by atoms with van der Waals surface area (Å²) < 4.78 is 31.7. The maximum Gasteiger partial charge on any atom is 0.320 e. The number of alkyl halides is 1. The van der Waals surface area contributed by atoms with Gasteiger partial charge in [0.15, 0.2) is 0 Å². The first kappa shape index (κ1) is 13.2. The Morgan fingerprint density at radius 1 is 1.33 bits per heavy atom. The quantitative estimate of drug-likeness (QED) is 0.674. The molecule has 8 heteroatoms. The highest BCUT2D eigenvalue weighted by Crippen LogP contribution is 2.27. The number of rotatable bonds is 3. The zero-order chi connectivity index (χ0) is 13.3. The summed E-state index contributed by atoms with van der Waals surface area (Å²) in [6.45, 7) is 1.66. The number of halogens is 4. The smallest absolute Gasteiger partial charge is 0.320 e. The highest BCUT2D eigenvalue weighted by atomic mass is 79.9. The lowest BCUT2D eigenvalue weighted by Crippen LogP contribution is -1.95. The molecule has 0 fully saturated rings. The van der Waals surface area contributed by atoms with Crippen molar-refractivity contribution in [1.82, 2.24) is 10.2 Å². The first-order valence-electron chi connectivity index (χ1n) is 4.86. The van der Waals surface area contributed by atoms with Crippen LogP contribution in [0.2, 0.25) is 0 Å². The van der Waals surface area contributed by atoms with Gasteiger partial charge < -0.3 is 9.73 Å². The van der Waals surface area contributed by atoms with Crippen LogP contribution in [0.25, 0.3) is 0 Å². The lowest BCUT2D eigenvalue weighted by atomic mass is 10.3. The predicted octanol–water partition coefficient (Wildman–Crippen LogP) is 4.15. The van der Waals surface area contributed by atoms with E-state index in [0.717, 1.165) is 6.07 Å². The highest BCUT2D eigenvalue weighted by Gasteiger charge is 2.14. The number of hydrogen-bond acceptors (Lipinski definition) is 4. The highest BCUT2D eigenvalue weighted by molar-refractivity contribution is 9.10. The molecule has 0 saturated carbocycles. The van der Waals surface area contributed by atoms with Gasteiger partial charge in [-0.1, -0.05) is 5.10 Å². The van der Waals surface area contributed by atoms with Crippen molar-refractivity contribution in [3.05, 3.63) is 34.1 Å². The molecule has 1 aromatic heterocycles. The lowest BCUT2D eigenvalue weighted by Gasteiger charge is -2.04. The molecule has 2 aromatic rings. The molecule has 0 radical (unpaired) electrons. The van der Waals surface area contributed by atoms with Crippen LogP contribution < -0.4 is 5.32 Å². The molecule has 0 aliphatic carbocycles. The van der Waals surface area contributed by atoms with Crippen LogP contribution in [0.1, 0.15) is 18.2 Å². The van der Waals surface area contributed by atoms with Crippen LogP contribution in [0.4, 0.5) is 20.5 Å². The van der Waals surface area contributed by atoms with Crippen LogP contribution >= 0.6 is 27.5 Å². The first-order chi connectivity index (χ1) is 8.47. The number of hydrogen-bond donors (Lipinski definition) is 1. The number of nitrogens with zero attached hydrogens (tertiary/aromatic N) is 2. The van der Waals surface area contributed by atoms with E-state index in [9.17, 15) is 8.78 Å². The number of aromatic nitrogens is 2. The molecule has 0 aliphatic heterocycles. The van der Waals surface area contributed by atoms with Gasteiger partial charge >= 0.3 is 6.01 Å². The fourth-order valence-electron chi connectivity index (χ4n) is 1.18. The minimum Gasteiger partial charge on any atom is -0.406 e. The van der Waals surface area contributed by atoms with E-state index in [1.165, 1.54) is 6.07 Å². The van der Waals surface area contributed by atoms with Gasteiger partial charge in [-0.3, -0.25) is 0 Å². The van der Waals surface area contributed by atoms with E-state index in [4.69, 9.17) is 16.0 Å². The van der Waals surface area contributed by atoms with Crippen LogP contribution in [-0.2, 0) is 0 Å². The Morgan fingerprint density at radius 2 is 2.06 bits per heavy atom. The average molecular weight is 339 g/mol. The molecular formula is C10H7BrClF2N3O. The van der Waals surface area contributed by atoms with Crippen molar-refractivity contribution in [3.63, 3.8) is 0 Å². The summed E-state index contributed by atoms with van der Waals surface area (Å²) in [7, 11) is 0. The summed E-state index contributed by atoms with van der Waals surface area (Å²) in [6, 6.07) is 1.96. The summed E-state index contributed by atoms with van der Waals surface area (Å²) in [6.07, 6.45) is 0. The van der Waals surface area contributed by atoms with Crippen LogP contribution in [-0.4, -0.2) is 10.2 Å². The molecular weight excluding hydrogens is 331 g/mol. The molecule has 96 valence electrons. The summed E-state index contributed by atoms with van der Waals surface area (Å²) in [5.41, 5.74) is 0.0145. The largest absolute Gasteiger partial charge is 0.406 e. The Hall–Kier alpha value is -1.21. The standard InChI is InChI=1S/C10H7BrClF2N3O/c1-4(12)9-16-17-10(18-9)15-8-2-5(11)6(13)3-7(8)14/h2-4H,1H3,(H,15,17). The third-order valence-electron chi connectivity index (χ3n) is 2.03. The normalized spacial score (nSPS) is 12.5. The minimum atomic E-state index is -0.769. The number of nitrogens with one attached hydrogen (secondary N) is 1. The average Bonchev–Trinajstić information content (AvgIpc) is 2.74. The van der Waals surface area contributed by atoms with Gasteiger partial charge in [-0.15, -0.1) is 16.7 Å². The molecule has 2 rings (SSSR count). The van der Waals surface area contributed by atoms with E-state index in [0.29, 0.717) is 0 Å². The van der Waals surface area contributed by atoms with Crippen molar-refractivity contribution in [2.75, 3.05) is 5.32 Å². The monoisotopic (exact) mass is 337 g/mol. The zero-order valence-electron chi connectivity index (χ0n) is 9.05. The second-order valence-electron chi connectivity index (χ2n) is 3.43. The first-order valence-corrected chi connectivity index (χ1v) is 6.09. The van der Waals surface area contributed by atoms with Crippen molar-refractivity contribution >= 4 is 39.2 Å². The molecule has 0 aliphatic rings. The van der Waals surface area contributed by atoms with Crippen LogP contribution in [0, 0.1) is 11.6 Å². The van der Waals surface area contributed by atoms with Gasteiger partial charge in [0, 0.05) is 6.07 Å². The third kappa shape index (κ3) is 2.78. The topological polar surface area (TPSA) is 51.0 Å². The fraction of sp³-hybridized carbons (Fsp3) is 0.200. The molecule has 18 heavy (non-hydrogen) atoms. The molecule has 0 spiro atoms. The van der Waals surface area contributed by atoms with E-state index in [1.807, 2.05) is 0 Å². The van der Waals surface area contributed by atoms with Crippen molar-refractivity contribution in [2.24, 2.45) is 0 Å². The maximum atomic E-state index is 13.4. The van der Waals surface area contributed by atoms with Crippen LogP contribution in [0.3, 0.4) is 0 Å². The van der Waals surface area contributed by atoms with Crippen molar-refractivity contribution in [2.45, 2.75) is 12.3 Å². The predicted molar refractivity (Wildman–Crippen MR) is 65.9 cm³/mol. The number of benzene rings is 1. The Balaban J connectivity index is 2.25. The molecule has 1 atom stereocenters. The molecule has 1 heterocycles. The zero-order valence-corrected chi connectivity index (χ0v) is 11.4. The van der Waals surface area contributed by atoms with Crippen molar-refractivity contribution in [3.8, 4) is 0 Å². The van der Waals surface area contributed by atoms with E-state index in [2.05, 4.69) is 31.4 Å². The van der Waals surface area contributed by atoms with E-state index in [1.54, 1.807) is 6.92 Å². The van der Waals surface area contributed by atoms with Gasteiger partial charge in [-0.2, -0.15) is 0 Å². The summed E-state index contributed by atoms with van der Waals surface area (Å²) >= 11 is 8.69. The minimum absolute atomic E-state index is 0.0145. The second kappa shape index (κ2) is 5.19. The number of anilines is 2. The molecule has 0 bridgehead atoms. The molecule has 0 saturated heterocycles. The Labute approximate surface area is 114 Å². The van der Waals surface area contributed by atoms with Crippen LogP contribution in [0.5, 0.6) is 0 Å². The van der Waals surface area contributed by atoms with Gasteiger partial charge in [0.05, 0.1) is 10.2 Å². The van der Waals surface area contributed by atoms with Crippen molar-refractivity contribution < 1.29 is 13.2 Å². The molecule has 0 amide bonds. The van der Waals surface area contributed by atoms with Crippen LogP contribution in [0.15, 0.2) is 21.0 Å². The summed E-state index contributed by atoms with van der Waals surface area (Å²) in [4.78, 5) is 0. The second-order valence-corrected chi connectivity index (χ2v) is 4.94. The van der Waals surface area contributed by atoms with Gasteiger partial charge in [-0.05, 0) is 28.9 Å². The van der Waals surface area contributed by atoms with E-state index >= 15 is 0 Å². The van der Waals surface area contributed by atoms with E-state index in [-0.39, 0.29) is 22.1 Å². The lowest BCUT2D eigenvalue weighted by molar-refractivity contribution is 0.508. The SMILES string of the molecule is CC(Cl)c1nnc(Nc2cc(Br)c(F)cc2F)o1. The van der Waals surface area contributed by atoms with Gasteiger partial charge in [-0.25, -0.2) is 8.78 Å². The van der Waals surface area contributed by atoms with Gasteiger partial charge in [0.1, 0.15) is 17.0 Å². The van der Waals surface area contributed by atoms with E-state index < -0.39 is 17.0 Å². The summed E-state index contributed by atoms with van der Waals surface area (Å²) in [5, 5.41) is 9.40. The maximum absolute atomic E-state index is 13.4. The molecule has 1 N–H and O–H groups in total. The van der Waals surface area contributed by atoms with Gasteiger partial charge in [0.2, 0.25) is 5.89 Å². The molecule has 4 nitrogen and oxygen atoms in total.